The molecule has 3 N–H and O–H groups in total. The lowest BCUT2D eigenvalue weighted by molar-refractivity contribution is 0.126. The highest BCUT2D eigenvalue weighted by Crippen LogP contribution is 2.47. The fraction of sp³-hybridized carbons (Fsp3) is 0.385. The van der Waals surface area contributed by atoms with Gasteiger partial charge in [-0.1, -0.05) is 18.2 Å². The molecule has 0 saturated heterocycles. The molecule has 3 aliphatic rings. The highest BCUT2D eigenvalue weighted by atomic mass is 15.2. The van der Waals surface area contributed by atoms with Crippen LogP contribution in [0, 0.1) is 0 Å². The maximum Gasteiger partial charge on any atom is 0.161 e. The van der Waals surface area contributed by atoms with Crippen LogP contribution in [0.5, 0.6) is 0 Å². The van der Waals surface area contributed by atoms with Gasteiger partial charge in [-0.15, -0.1) is 0 Å². The van der Waals surface area contributed by atoms with Crippen molar-refractivity contribution in [1.29, 1.82) is 0 Å². The van der Waals surface area contributed by atoms with Crippen LogP contribution in [0.2, 0.25) is 0 Å². The second kappa shape index (κ2) is 7.77. The van der Waals surface area contributed by atoms with Crippen LogP contribution in [-0.2, 0) is 14.1 Å². The van der Waals surface area contributed by atoms with Crippen LogP contribution in [0.4, 0.5) is 5.82 Å². The van der Waals surface area contributed by atoms with Gasteiger partial charge < -0.3 is 11.1 Å². The molecule has 3 heterocycles. The Bertz CT molecular complexity index is 1330. The van der Waals surface area contributed by atoms with Gasteiger partial charge in [-0.05, 0) is 50.2 Å². The number of hydrogen-bond acceptors (Lipinski definition) is 6. The van der Waals surface area contributed by atoms with E-state index >= 15 is 0 Å². The SMILES string of the molecule is Cn1cc(-c2cccc(-c3ncc(-c4cnn(C)c4)c(NC45CCC(N)(CC4)CC5)n3)c2)cn1. The number of benzene rings is 1. The zero-order chi connectivity index (χ0) is 23.3. The second-order valence-corrected chi connectivity index (χ2v) is 10.1. The molecule has 174 valence electrons. The zero-order valence-electron chi connectivity index (χ0n) is 19.7. The van der Waals surface area contributed by atoms with Crippen LogP contribution in [-0.4, -0.2) is 40.6 Å². The minimum absolute atomic E-state index is 0.0270. The van der Waals surface area contributed by atoms with Crippen LogP contribution in [0.15, 0.2) is 55.2 Å². The predicted molar refractivity (Wildman–Crippen MR) is 133 cm³/mol. The third kappa shape index (κ3) is 3.77. The summed E-state index contributed by atoms with van der Waals surface area (Å²) in [6.07, 6.45) is 16.1. The summed E-state index contributed by atoms with van der Waals surface area (Å²) in [5.74, 6) is 1.58. The number of nitrogens with zero attached hydrogens (tertiary/aromatic N) is 6. The van der Waals surface area contributed by atoms with Crippen molar-refractivity contribution in [2.24, 2.45) is 19.8 Å². The smallest absolute Gasteiger partial charge is 0.161 e. The van der Waals surface area contributed by atoms with Gasteiger partial charge in [-0.2, -0.15) is 10.2 Å². The van der Waals surface area contributed by atoms with Crippen molar-refractivity contribution in [3.63, 3.8) is 0 Å². The van der Waals surface area contributed by atoms with Gasteiger partial charge in [0.15, 0.2) is 5.82 Å². The topological polar surface area (TPSA) is 99.5 Å². The van der Waals surface area contributed by atoms with Crippen molar-refractivity contribution in [3.05, 3.63) is 55.2 Å². The van der Waals surface area contributed by atoms with E-state index in [4.69, 9.17) is 15.7 Å². The monoisotopic (exact) mass is 454 g/mol. The first kappa shape index (κ1) is 21.0. The van der Waals surface area contributed by atoms with Gasteiger partial charge in [0, 0.05) is 66.0 Å². The molecule has 3 saturated carbocycles. The minimum atomic E-state index is 0.0270. The standard InChI is InChI=1S/C26H30N8/c1-33-16-20(13-29-33)18-4-3-5-19(12-18)23-28-15-22(21-14-30-34(2)17-21)24(31-23)32-26-9-6-25(27,7-10-26)8-11-26/h3-5,12-17H,6-11,27H2,1-2H3,(H,28,31,32). The third-order valence-corrected chi connectivity index (χ3v) is 7.65. The summed E-state index contributed by atoms with van der Waals surface area (Å²) < 4.78 is 3.62. The Morgan fingerprint density at radius 3 is 2.12 bits per heavy atom. The Kier molecular flexibility index (Phi) is 4.81. The Morgan fingerprint density at radius 1 is 0.824 bits per heavy atom. The molecule has 0 radical (unpaired) electrons. The normalized spacial score (nSPS) is 23.9. The van der Waals surface area contributed by atoms with Gasteiger partial charge >= 0.3 is 0 Å². The molecule has 8 heteroatoms. The predicted octanol–water partition coefficient (Wildman–Crippen LogP) is 4.16. The average molecular weight is 455 g/mol. The quantitative estimate of drug-likeness (QED) is 0.470. The van der Waals surface area contributed by atoms with Crippen LogP contribution in [0.25, 0.3) is 33.6 Å². The number of nitrogens with one attached hydrogen (secondary N) is 1. The highest BCUT2D eigenvalue weighted by Gasteiger charge is 2.47. The fourth-order valence-electron chi connectivity index (χ4n) is 5.45. The molecule has 3 aliphatic carbocycles. The number of anilines is 1. The van der Waals surface area contributed by atoms with Gasteiger partial charge in [-0.3, -0.25) is 9.36 Å². The summed E-state index contributed by atoms with van der Waals surface area (Å²) in [4.78, 5) is 9.85. The molecule has 0 aliphatic heterocycles. The van der Waals surface area contributed by atoms with Crippen LogP contribution >= 0.6 is 0 Å². The summed E-state index contributed by atoms with van der Waals surface area (Å²) in [7, 11) is 3.85. The van der Waals surface area contributed by atoms with Crippen molar-refractivity contribution in [1.82, 2.24) is 29.5 Å². The van der Waals surface area contributed by atoms with E-state index in [-0.39, 0.29) is 11.1 Å². The summed E-state index contributed by atoms with van der Waals surface area (Å²) >= 11 is 0. The first-order chi connectivity index (χ1) is 16.4. The van der Waals surface area contributed by atoms with Gasteiger partial charge in [0.05, 0.1) is 12.4 Å². The first-order valence-corrected chi connectivity index (χ1v) is 11.9. The van der Waals surface area contributed by atoms with Crippen molar-refractivity contribution in [2.45, 2.75) is 49.6 Å². The van der Waals surface area contributed by atoms with Gasteiger partial charge in [0.1, 0.15) is 5.82 Å². The molecule has 4 aromatic rings. The van der Waals surface area contributed by atoms with E-state index in [1.807, 2.05) is 60.5 Å². The van der Waals surface area contributed by atoms with Gasteiger partial charge in [-0.25, -0.2) is 9.97 Å². The summed E-state index contributed by atoms with van der Waals surface area (Å²) in [6, 6.07) is 8.32. The third-order valence-electron chi connectivity index (χ3n) is 7.65. The van der Waals surface area contributed by atoms with Crippen molar-refractivity contribution >= 4 is 5.82 Å². The molecule has 0 unspecified atom stereocenters. The van der Waals surface area contributed by atoms with Gasteiger partial charge in [0.25, 0.3) is 0 Å². The lowest BCUT2D eigenvalue weighted by Crippen LogP contribution is -2.57. The average Bonchev–Trinajstić information content (AvgIpc) is 3.48. The summed E-state index contributed by atoms with van der Waals surface area (Å²) in [5, 5.41) is 12.6. The Morgan fingerprint density at radius 2 is 1.47 bits per heavy atom. The molecule has 3 fully saturated rings. The molecule has 2 bridgehead atoms. The molecule has 34 heavy (non-hydrogen) atoms. The largest absolute Gasteiger partial charge is 0.364 e. The number of aromatic nitrogens is 6. The van der Waals surface area contributed by atoms with Crippen molar-refractivity contribution in [2.75, 3.05) is 5.32 Å². The van der Waals surface area contributed by atoms with E-state index in [2.05, 4.69) is 33.7 Å². The molecule has 7 rings (SSSR count). The highest BCUT2D eigenvalue weighted by molar-refractivity contribution is 5.77. The Hall–Kier alpha value is -3.52. The molecule has 8 nitrogen and oxygen atoms in total. The van der Waals surface area contributed by atoms with E-state index in [9.17, 15) is 0 Å². The summed E-state index contributed by atoms with van der Waals surface area (Å²) in [5.41, 5.74) is 11.8. The number of hydrogen-bond donors (Lipinski definition) is 2. The van der Waals surface area contributed by atoms with E-state index in [1.165, 1.54) is 0 Å². The van der Waals surface area contributed by atoms with Crippen molar-refractivity contribution < 1.29 is 0 Å². The zero-order valence-corrected chi connectivity index (χ0v) is 19.7. The number of rotatable bonds is 5. The van der Waals surface area contributed by atoms with Crippen LogP contribution in [0.1, 0.15) is 38.5 Å². The molecular weight excluding hydrogens is 424 g/mol. The minimum Gasteiger partial charge on any atom is -0.364 e. The Labute approximate surface area is 199 Å². The number of nitrogens with two attached hydrogens (primary N) is 1. The van der Waals surface area contributed by atoms with E-state index < -0.39 is 0 Å². The van der Waals surface area contributed by atoms with E-state index in [0.29, 0.717) is 5.82 Å². The maximum atomic E-state index is 6.57. The maximum absolute atomic E-state index is 6.57. The fourth-order valence-corrected chi connectivity index (χ4v) is 5.45. The van der Waals surface area contributed by atoms with Crippen molar-refractivity contribution in [3.8, 4) is 33.6 Å². The Balaban J connectivity index is 1.40. The molecule has 0 atom stereocenters. The van der Waals surface area contributed by atoms with Crippen LogP contribution < -0.4 is 11.1 Å². The molecule has 0 amide bonds. The lowest BCUT2D eigenvalue weighted by Gasteiger charge is -2.52. The number of fused-ring (bicyclic) bond motifs is 3. The second-order valence-electron chi connectivity index (χ2n) is 10.1. The molecule has 1 aromatic carbocycles. The van der Waals surface area contributed by atoms with E-state index in [0.717, 1.165) is 72.2 Å². The molecular formula is C26H30N8. The first-order valence-electron chi connectivity index (χ1n) is 11.9. The molecule has 3 aromatic heterocycles. The van der Waals surface area contributed by atoms with Gasteiger partial charge in [0.2, 0.25) is 0 Å². The lowest BCUT2D eigenvalue weighted by atomic mass is 9.62. The summed E-state index contributed by atoms with van der Waals surface area (Å²) in [6.45, 7) is 0. The van der Waals surface area contributed by atoms with Crippen LogP contribution in [0.3, 0.4) is 0 Å². The molecule has 0 spiro atoms. The van der Waals surface area contributed by atoms with E-state index in [1.54, 1.807) is 0 Å². The number of aryl methyl sites for hydroxylation is 2.